The van der Waals surface area contributed by atoms with E-state index in [4.69, 9.17) is 0 Å². The molecule has 23 heavy (non-hydrogen) atoms. The Hall–Kier alpha value is -2.40. The number of amides is 1. The van der Waals surface area contributed by atoms with Crippen molar-refractivity contribution < 1.29 is 13.2 Å². The van der Waals surface area contributed by atoms with E-state index in [1.54, 1.807) is 12.1 Å². The molecule has 0 radical (unpaired) electrons. The van der Waals surface area contributed by atoms with Crippen LogP contribution in [-0.4, -0.2) is 20.6 Å². The first-order valence-electron chi connectivity index (χ1n) is 7.38. The third-order valence-electron chi connectivity index (χ3n) is 4.43. The van der Waals surface area contributed by atoms with Gasteiger partial charge in [0.25, 0.3) is 0 Å². The number of sulfone groups is 1. The zero-order valence-electron chi connectivity index (χ0n) is 12.6. The summed E-state index contributed by atoms with van der Waals surface area (Å²) in [5.74, 6) is -0.0694. The molecule has 0 aromatic heterocycles. The van der Waals surface area contributed by atoms with Gasteiger partial charge in [0.05, 0.1) is 11.3 Å². The fourth-order valence-electron chi connectivity index (χ4n) is 3.35. The van der Waals surface area contributed by atoms with Crippen LogP contribution >= 0.6 is 0 Å². The predicted molar refractivity (Wildman–Crippen MR) is 89.8 cm³/mol. The van der Waals surface area contributed by atoms with Crippen molar-refractivity contribution in [3.05, 3.63) is 59.2 Å². The zero-order valence-corrected chi connectivity index (χ0v) is 13.4. The van der Waals surface area contributed by atoms with E-state index >= 15 is 0 Å². The monoisotopic (exact) mass is 325 g/mol. The number of para-hydroxylation sites is 1. The Balaban J connectivity index is 1.95. The fourth-order valence-corrected chi connectivity index (χ4v) is 4.00. The molecule has 0 fully saturated rings. The summed E-state index contributed by atoms with van der Waals surface area (Å²) in [4.78, 5) is 12.5. The molecule has 0 spiro atoms. The van der Waals surface area contributed by atoms with Gasteiger partial charge in [-0.2, -0.15) is 0 Å². The second kappa shape index (κ2) is 4.80. The van der Waals surface area contributed by atoms with E-state index in [0.29, 0.717) is 4.90 Å². The Morgan fingerprint density at radius 2 is 1.70 bits per heavy atom. The summed E-state index contributed by atoms with van der Waals surface area (Å²) >= 11 is 0. The van der Waals surface area contributed by atoms with Crippen molar-refractivity contribution in [1.29, 1.82) is 0 Å². The Morgan fingerprint density at radius 3 is 2.48 bits per heavy atom. The van der Waals surface area contributed by atoms with Crippen LogP contribution in [0.5, 0.6) is 0 Å². The zero-order chi connectivity index (χ0) is 16.2. The first-order valence-corrected chi connectivity index (χ1v) is 9.27. The van der Waals surface area contributed by atoms with Crippen LogP contribution in [0.3, 0.4) is 0 Å². The standard InChI is InChI=1S/C18H15NO3S/c1-23(21,22)12-7-6-11-8-15-13-4-2-3-5-17(13)19-18(20)10-16(15)14(11)9-12/h2-7,9H,8,10H2,1H3,(H,19,20). The van der Waals surface area contributed by atoms with Crippen LogP contribution in [0.25, 0.3) is 11.1 Å². The molecule has 4 nitrogen and oxygen atoms in total. The number of carbonyl (C=O) groups excluding carboxylic acids is 1. The molecule has 1 heterocycles. The van der Waals surface area contributed by atoms with E-state index in [1.165, 1.54) is 6.26 Å². The molecule has 1 amide bonds. The molecule has 0 atom stereocenters. The smallest absolute Gasteiger partial charge is 0.228 e. The van der Waals surface area contributed by atoms with Crippen LogP contribution < -0.4 is 5.32 Å². The molecule has 0 saturated carbocycles. The van der Waals surface area contributed by atoms with Gasteiger partial charge in [0.2, 0.25) is 5.91 Å². The van der Waals surface area contributed by atoms with Crippen molar-refractivity contribution in [2.75, 3.05) is 11.6 Å². The molecule has 5 heteroatoms. The van der Waals surface area contributed by atoms with Gasteiger partial charge in [-0.1, -0.05) is 24.3 Å². The van der Waals surface area contributed by atoms with Crippen molar-refractivity contribution in [2.45, 2.75) is 17.7 Å². The molecule has 1 aliphatic heterocycles. The first-order chi connectivity index (χ1) is 10.9. The number of carbonyl (C=O) groups is 1. The van der Waals surface area contributed by atoms with E-state index < -0.39 is 9.84 Å². The predicted octanol–water partition coefficient (Wildman–Crippen LogP) is 2.90. The topological polar surface area (TPSA) is 63.2 Å². The molecule has 2 aliphatic rings. The van der Waals surface area contributed by atoms with Gasteiger partial charge in [-0.3, -0.25) is 4.79 Å². The van der Waals surface area contributed by atoms with Gasteiger partial charge in [-0.05, 0) is 46.9 Å². The number of nitrogens with one attached hydrogen (secondary N) is 1. The Morgan fingerprint density at radius 1 is 0.957 bits per heavy atom. The van der Waals surface area contributed by atoms with Crippen molar-refractivity contribution >= 4 is 32.6 Å². The largest absolute Gasteiger partial charge is 0.325 e. The van der Waals surface area contributed by atoms with Crippen LogP contribution in [0.2, 0.25) is 0 Å². The van der Waals surface area contributed by atoms with Crippen LogP contribution in [0.4, 0.5) is 5.69 Å². The molecular weight excluding hydrogens is 310 g/mol. The van der Waals surface area contributed by atoms with Gasteiger partial charge >= 0.3 is 0 Å². The van der Waals surface area contributed by atoms with E-state index in [1.807, 2.05) is 30.3 Å². The summed E-state index contributed by atoms with van der Waals surface area (Å²) < 4.78 is 23.7. The number of allylic oxidation sites excluding steroid dienone is 1. The van der Waals surface area contributed by atoms with Crippen molar-refractivity contribution in [3.8, 4) is 0 Å². The number of hydrogen-bond acceptors (Lipinski definition) is 3. The number of benzene rings is 2. The molecule has 116 valence electrons. The maximum Gasteiger partial charge on any atom is 0.228 e. The Labute approximate surface area is 134 Å². The lowest BCUT2D eigenvalue weighted by molar-refractivity contribution is -0.115. The fraction of sp³-hybridized carbons (Fsp3) is 0.167. The lowest BCUT2D eigenvalue weighted by Crippen LogP contribution is -2.11. The molecule has 0 unspecified atom stereocenters. The SMILES string of the molecule is CS(=O)(=O)c1ccc2c(c1)C1=C(C2)c2ccccc2NC(=O)C1. The van der Waals surface area contributed by atoms with Gasteiger partial charge in [-0.15, -0.1) is 0 Å². The number of anilines is 1. The number of fused-ring (bicyclic) bond motifs is 4. The van der Waals surface area contributed by atoms with E-state index in [2.05, 4.69) is 5.32 Å². The molecule has 1 aliphatic carbocycles. The summed E-state index contributed by atoms with van der Waals surface area (Å²) in [6.45, 7) is 0. The van der Waals surface area contributed by atoms with Crippen molar-refractivity contribution in [2.24, 2.45) is 0 Å². The van der Waals surface area contributed by atoms with Gasteiger partial charge in [0.15, 0.2) is 9.84 Å². The average Bonchev–Trinajstić information content (AvgIpc) is 2.77. The molecule has 4 rings (SSSR count). The minimum absolute atomic E-state index is 0.0694. The number of hydrogen-bond donors (Lipinski definition) is 1. The second-order valence-corrected chi connectivity index (χ2v) is 8.01. The minimum Gasteiger partial charge on any atom is -0.325 e. The summed E-state index contributed by atoms with van der Waals surface area (Å²) in [7, 11) is -3.27. The van der Waals surface area contributed by atoms with Crippen LogP contribution in [0.1, 0.15) is 23.1 Å². The van der Waals surface area contributed by atoms with Gasteiger partial charge in [0.1, 0.15) is 0 Å². The van der Waals surface area contributed by atoms with Crippen molar-refractivity contribution in [3.63, 3.8) is 0 Å². The van der Waals surface area contributed by atoms with Gasteiger partial charge < -0.3 is 5.32 Å². The third kappa shape index (κ3) is 2.28. The molecule has 1 N–H and O–H groups in total. The maximum absolute atomic E-state index is 12.2. The molecule has 0 bridgehead atoms. The van der Waals surface area contributed by atoms with Crippen LogP contribution in [0.15, 0.2) is 47.4 Å². The quantitative estimate of drug-likeness (QED) is 0.877. The highest BCUT2D eigenvalue weighted by atomic mass is 32.2. The summed E-state index contributed by atoms with van der Waals surface area (Å²) in [5, 5.41) is 2.93. The van der Waals surface area contributed by atoms with E-state index in [9.17, 15) is 13.2 Å². The van der Waals surface area contributed by atoms with Crippen LogP contribution in [0, 0.1) is 0 Å². The molecular formula is C18H15NO3S. The van der Waals surface area contributed by atoms with E-state index in [0.717, 1.165) is 39.9 Å². The Bertz CT molecular complexity index is 987. The molecule has 2 aromatic rings. The average molecular weight is 325 g/mol. The lowest BCUT2D eigenvalue weighted by atomic mass is 9.98. The number of rotatable bonds is 1. The van der Waals surface area contributed by atoms with E-state index in [-0.39, 0.29) is 12.3 Å². The normalized spacial score (nSPS) is 16.3. The highest BCUT2D eigenvalue weighted by molar-refractivity contribution is 7.90. The van der Waals surface area contributed by atoms with Crippen LogP contribution in [-0.2, 0) is 21.1 Å². The van der Waals surface area contributed by atoms with Gasteiger partial charge in [-0.25, -0.2) is 8.42 Å². The van der Waals surface area contributed by atoms with Gasteiger partial charge in [0, 0.05) is 17.5 Å². The van der Waals surface area contributed by atoms with Crippen molar-refractivity contribution in [1.82, 2.24) is 0 Å². The summed E-state index contributed by atoms with van der Waals surface area (Å²) in [5.41, 5.74) is 5.85. The summed E-state index contributed by atoms with van der Waals surface area (Å²) in [6, 6.07) is 13.0. The Kier molecular flexibility index (Phi) is 2.96. The highest BCUT2D eigenvalue weighted by Crippen LogP contribution is 2.44. The first kappa shape index (κ1) is 14.2. The molecule has 2 aromatic carbocycles. The molecule has 0 saturated heterocycles. The highest BCUT2D eigenvalue weighted by Gasteiger charge is 2.29. The minimum atomic E-state index is -3.27. The third-order valence-corrected chi connectivity index (χ3v) is 5.54. The second-order valence-electron chi connectivity index (χ2n) is 6.00. The lowest BCUT2D eigenvalue weighted by Gasteiger charge is -2.09. The summed E-state index contributed by atoms with van der Waals surface area (Å²) in [6.07, 6.45) is 2.19. The maximum atomic E-state index is 12.2.